The van der Waals surface area contributed by atoms with Crippen LogP contribution in [0.3, 0.4) is 0 Å². The van der Waals surface area contributed by atoms with Gasteiger partial charge in [-0.1, -0.05) is 0 Å². The smallest absolute Gasteiger partial charge is 0.335 e. The van der Waals surface area contributed by atoms with Gasteiger partial charge in [0.1, 0.15) is 6.10 Å². The van der Waals surface area contributed by atoms with Gasteiger partial charge in [-0.2, -0.15) is 0 Å². The van der Waals surface area contributed by atoms with Crippen molar-refractivity contribution in [2.75, 3.05) is 7.11 Å². The number of methoxy groups -OCH3 is 1. The fourth-order valence-corrected chi connectivity index (χ4v) is 3.40. The zero-order valence-electron chi connectivity index (χ0n) is 11.0. The third-order valence-electron chi connectivity index (χ3n) is 4.36. The molecule has 102 valence electrons. The molecule has 2 aliphatic carbocycles. The third kappa shape index (κ3) is 2.27. The number of fused-ring (bicyclic) bond motifs is 2. The number of rotatable bonds is 4. The molecule has 0 heterocycles. The number of carboxylic acids is 1. The lowest BCUT2D eigenvalue weighted by molar-refractivity contribution is 0.0695. The summed E-state index contributed by atoms with van der Waals surface area (Å²) in [7, 11) is 1.57. The summed E-state index contributed by atoms with van der Waals surface area (Å²) in [5.74, 6) is 1.64. The first-order valence-corrected chi connectivity index (χ1v) is 6.75. The monoisotopic (exact) mass is 262 g/mol. The molecule has 4 heteroatoms. The van der Waals surface area contributed by atoms with Crippen LogP contribution >= 0.6 is 0 Å². The summed E-state index contributed by atoms with van der Waals surface area (Å²) in [5.41, 5.74) is 0.235. The van der Waals surface area contributed by atoms with Crippen LogP contribution in [-0.4, -0.2) is 24.3 Å². The molecular weight excluding hydrogens is 244 g/mol. The number of hydrogen-bond acceptors (Lipinski definition) is 3. The van der Waals surface area contributed by atoms with Crippen molar-refractivity contribution in [3.05, 3.63) is 23.8 Å². The largest absolute Gasteiger partial charge is 0.493 e. The van der Waals surface area contributed by atoms with Crippen molar-refractivity contribution in [3.63, 3.8) is 0 Å². The topological polar surface area (TPSA) is 55.8 Å². The van der Waals surface area contributed by atoms with Crippen LogP contribution in [0.5, 0.6) is 11.5 Å². The minimum Gasteiger partial charge on any atom is -0.493 e. The summed E-state index contributed by atoms with van der Waals surface area (Å²) in [4.78, 5) is 11.0. The van der Waals surface area contributed by atoms with E-state index in [-0.39, 0.29) is 11.7 Å². The number of carboxylic acid groups (broad SMARTS) is 1. The summed E-state index contributed by atoms with van der Waals surface area (Å²) in [6.45, 7) is 0. The molecular formula is C15H18O4. The summed E-state index contributed by atoms with van der Waals surface area (Å²) in [6, 6.07) is 4.76. The van der Waals surface area contributed by atoms with E-state index in [9.17, 15) is 4.79 Å². The molecule has 0 unspecified atom stereocenters. The lowest BCUT2D eigenvalue weighted by Crippen LogP contribution is -2.23. The SMILES string of the molecule is COc1ccc(C(=O)O)cc1O[C@@H]1C[C@H]2CC[C@@H]1C2. The highest BCUT2D eigenvalue weighted by molar-refractivity contribution is 5.88. The van der Waals surface area contributed by atoms with E-state index in [1.54, 1.807) is 19.2 Å². The maximum Gasteiger partial charge on any atom is 0.335 e. The molecule has 2 saturated carbocycles. The molecule has 3 rings (SSSR count). The molecule has 0 aliphatic heterocycles. The summed E-state index contributed by atoms with van der Waals surface area (Å²) in [6.07, 6.45) is 5.11. The molecule has 1 aromatic carbocycles. The minimum atomic E-state index is -0.944. The Labute approximate surface area is 112 Å². The van der Waals surface area contributed by atoms with Crippen LogP contribution in [-0.2, 0) is 0 Å². The van der Waals surface area contributed by atoms with Crippen molar-refractivity contribution in [2.24, 2.45) is 11.8 Å². The first-order valence-electron chi connectivity index (χ1n) is 6.75. The fourth-order valence-electron chi connectivity index (χ4n) is 3.40. The predicted molar refractivity (Wildman–Crippen MR) is 69.8 cm³/mol. The number of benzene rings is 1. The lowest BCUT2D eigenvalue weighted by atomic mass is 9.97. The van der Waals surface area contributed by atoms with Gasteiger partial charge in [-0.15, -0.1) is 0 Å². The molecule has 3 atom stereocenters. The molecule has 2 aliphatic rings. The minimum absolute atomic E-state index is 0.219. The summed E-state index contributed by atoms with van der Waals surface area (Å²) >= 11 is 0. The number of ether oxygens (including phenoxy) is 2. The van der Waals surface area contributed by atoms with Crippen LogP contribution in [0.25, 0.3) is 0 Å². The van der Waals surface area contributed by atoms with E-state index < -0.39 is 5.97 Å². The summed E-state index contributed by atoms with van der Waals surface area (Å²) in [5, 5.41) is 9.04. The second kappa shape index (κ2) is 4.76. The van der Waals surface area contributed by atoms with Gasteiger partial charge in [0.05, 0.1) is 12.7 Å². The average molecular weight is 262 g/mol. The van der Waals surface area contributed by atoms with Crippen LogP contribution in [0.2, 0.25) is 0 Å². The maximum absolute atomic E-state index is 11.0. The Morgan fingerprint density at radius 1 is 1.26 bits per heavy atom. The second-order valence-electron chi connectivity index (χ2n) is 5.50. The Balaban J connectivity index is 1.82. The quantitative estimate of drug-likeness (QED) is 0.906. The lowest BCUT2D eigenvalue weighted by Gasteiger charge is -2.24. The number of aromatic carboxylic acids is 1. The first-order chi connectivity index (χ1) is 9.17. The molecule has 2 bridgehead atoms. The Morgan fingerprint density at radius 3 is 2.68 bits per heavy atom. The fraction of sp³-hybridized carbons (Fsp3) is 0.533. The average Bonchev–Trinajstić information content (AvgIpc) is 3.01. The van der Waals surface area contributed by atoms with Gasteiger partial charge in [-0.25, -0.2) is 4.79 Å². The van der Waals surface area contributed by atoms with Crippen LogP contribution in [0.4, 0.5) is 0 Å². The molecule has 0 radical (unpaired) electrons. The normalized spacial score (nSPS) is 28.4. The zero-order chi connectivity index (χ0) is 13.4. The molecule has 4 nitrogen and oxygen atoms in total. The van der Waals surface area contributed by atoms with Crippen molar-refractivity contribution >= 4 is 5.97 Å². The Hall–Kier alpha value is -1.71. The third-order valence-corrected chi connectivity index (χ3v) is 4.36. The highest BCUT2D eigenvalue weighted by atomic mass is 16.5. The molecule has 1 aromatic rings. The Morgan fingerprint density at radius 2 is 2.11 bits per heavy atom. The van der Waals surface area contributed by atoms with E-state index in [0.29, 0.717) is 17.4 Å². The highest BCUT2D eigenvalue weighted by Crippen LogP contribution is 2.46. The molecule has 0 amide bonds. The predicted octanol–water partition coefficient (Wildman–Crippen LogP) is 2.96. The van der Waals surface area contributed by atoms with Crippen LogP contribution in [0, 0.1) is 11.8 Å². The van der Waals surface area contributed by atoms with E-state index in [1.807, 2.05) is 0 Å². The van der Waals surface area contributed by atoms with Gasteiger partial charge in [0.15, 0.2) is 11.5 Å². The van der Waals surface area contributed by atoms with Gasteiger partial charge < -0.3 is 14.6 Å². The van der Waals surface area contributed by atoms with E-state index >= 15 is 0 Å². The standard InChI is InChI=1S/C15H18O4/c1-18-12-5-4-11(15(16)17)8-14(12)19-13-7-9-2-3-10(13)6-9/h4-5,8-10,13H,2-3,6-7H2,1H3,(H,16,17)/t9-,10+,13+/m0/s1. The van der Waals surface area contributed by atoms with Gasteiger partial charge in [-0.3, -0.25) is 0 Å². The van der Waals surface area contributed by atoms with Crippen molar-refractivity contribution in [3.8, 4) is 11.5 Å². The molecule has 19 heavy (non-hydrogen) atoms. The van der Waals surface area contributed by atoms with Gasteiger partial charge >= 0.3 is 5.97 Å². The molecule has 0 aromatic heterocycles. The number of hydrogen-bond donors (Lipinski definition) is 1. The molecule has 1 N–H and O–H groups in total. The zero-order valence-corrected chi connectivity index (χ0v) is 11.0. The first kappa shape index (κ1) is 12.3. The van der Waals surface area contributed by atoms with Gasteiger partial charge in [0.2, 0.25) is 0 Å². The van der Waals surface area contributed by atoms with E-state index in [2.05, 4.69) is 0 Å². The number of carbonyl (C=O) groups is 1. The maximum atomic E-state index is 11.0. The van der Waals surface area contributed by atoms with Crippen molar-refractivity contribution < 1.29 is 19.4 Å². The van der Waals surface area contributed by atoms with Gasteiger partial charge in [0, 0.05) is 0 Å². The van der Waals surface area contributed by atoms with Crippen molar-refractivity contribution in [2.45, 2.75) is 31.8 Å². The van der Waals surface area contributed by atoms with E-state index in [4.69, 9.17) is 14.6 Å². The van der Waals surface area contributed by atoms with Gasteiger partial charge in [-0.05, 0) is 55.7 Å². The van der Waals surface area contributed by atoms with Crippen LogP contribution in [0.15, 0.2) is 18.2 Å². The van der Waals surface area contributed by atoms with E-state index in [1.165, 1.54) is 25.3 Å². The van der Waals surface area contributed by atoms with Gasteiger partial charge in [0.25, 0.3) is 0 Å². The second-order valence-corrected chi connectivity index (χ2v) is 5.50. The summed E-state index contributed by atoms with van der Waals surface area (Å²) < 4.78 is 11.3. The van der Waals surface area contributed by atoms with Crippen LogP contribution in [0.1, 0.15) is 36.0 Å². The van der Waals surface area contributed by atoms with Crippen LogP contribution < -0.4 is 9.47 Å². The Bertz CT molecular complexity index is 497. The molecule has 0 spiro atoms. The van der Waals surface area contributed by atoms with E-state index in [0.717, 1.165) is 12.3 Å². The molecule has 2 fully saturated rings. The Kier molecular flexibility index (Phi) is 3.09. The molecule has 0 saturated heterocycles. The van der Waals surface area contributed by atoms with Crippen molar-refractivity contribution in [1.29, 1.82) is 0 Å². The highest BCUT2D eigenvalue weighted by Gasteiger charge is 2.41. The van der Waals surface area contributed by atoms with Crippen molar-refractivity contribution in [1.82, 2.24) is 0 Å².